The first kappa shape index (κ1) is 16.5. The van der Waals surface area contributed by atoms with Gasteiger partial charge in [-0.15, -0.1) is 0 Å². The van der Waals surface area contributed by atoms with Crippen LogP contribution in [0.4, 0.5) is 0 Å². The third-order valence-corrected chi connectivity index (χ3v) is 6.24. The number of ketones is 1. The van der Waals surface area contributed by atoms with E-state index in [1.54, 1.807) is 6.08 Å². The minimum absolute atomic E-state index is 0.125. The van der Waals surface area contributed by atoms with E-state index in [-0.39, 0.29) is 5.78 Å². The number of carbonyl (C=O) groups excluding carboxylic acids is 1. The van der Waals surface area contributed by atoms with Crippen molar-refractivity contribution < 1.29 is 4.79 Å². The fourth-order valence-electron chi connectivity index (χ4n) is 4.70. The van der Waals surface area contributed by atoms with Crippen molar-refractivity contribution >= 4 is 38.9 Å². The van der Waals surface area contributed by atoms with E-state index in [1.165, 1.54) is 5.57 Å². The SMILES string of the molecule is CC1=C(c2ccccc2)C2(C(=O)C=Cc3cc(Br)ccc32)c2ccccc21. The molecule has 1 unspecified atom stereocenters. The summed E-state index contributed by atoms with van der Waals surface area (Å²) in [4.78, 5) is 13.6. The largest absolute Gasteiger partial charge is 0.293 e. The van der Waals surface area contributed by atoms with Gasteiger partial charge in [-0.25, -0.2) is 0 Å². The molecule has 27 heavy (non-hydrogen) atoms. The molecule has 0 saturated carbocycles. The molecule has 0 aromatic heterocycles. The number of hydrogen-bond acceptors (Lipinski definition) is 1. The molecule has 1 spiro atoms. The number of carbonyl (C=O) groups is 1. The summed E-state index contributed by atoms with van der Waals surface area (Å²) in [5.41, 5.74) is 6.98. The molecule has 0 N–H and O–H groups in total. The van der Waals surface area contributed by atoms with Crippen molar-refractivity contribution in [2.45, 2.75) is 12.3 Å². The molecule has 2 heteroatoms. The summed E-state index contributed by atoms with van der Waals surface area (Å²) in [7, 11) is 0. The van der Waals surface area contributed by atoms with E-state index in [2.05, 4.69) is 65.3 Å². The molecule has 2 aliphatic carbocycles. The van der Waals surface area contributed by atoms with Gasteiger partial charge in [-0.3, -0.25) is 4.79 Å². The van der Waals surface area contributed by atoms with Crippen molar-refractivity contribution in [1.29, 1.82) is 0 Å². The van der Waals surface area contributed by atoms with Crippen LogP contribution in [0.15, 0.2) is 83.3 Å². The summed E-state index contributed by atoms with van der Waals surface area (Å²) in [6, 6.07) is 24.9. The molecule has 0 amide bonds. The van der Waals surface area contributed by atoms with E-state index in [1.807, 2.05) is 36.4 Å². The van der Waals surface area contributed by atoms with Crippen LogP contribution in [0.3, 0.4) is 0 Å². The zero-order valence-electron chi connectivity index (χ0n) is 14.9. The predicted molar refractivity (Wildman–Crippen MR) is 114 cm³/mol. The predicted octanol–water partition coefficient (Wildman–Crippen LogP) is 6.28. The molecule has 0 heterocycles. The average Bonchev–Trinajstić information content (AvgIpc) is 2.96. The lowest BCUT2D eigenvalue weighted by Crippen LogP contribution is -2.38. The topological polar surface area (TPSA) is 17.1 Å². The van der Waals surface area contributed by atoms with Gasteiger partial charge in [-0.2, -0.15) is 0 Å². The van der Waals surface area contributed by atoms with E-state index in [4.69, 9.17) is 0 Å². The van der Waals surface area contributed by atoms with Crippen LogP contribution in [0, 0.1) is 0 Å². The van der Waals surface area contributed by atoms with Crippen molar-refractivity contribution in [3.8, 4) is 0 Å². The quantitative estimate of drug-likeness (QED) is 0.459. The summed E-state index contributed by atoms with van der Waals surface area (Å²) in [6.45, 7) is 2.14. The Kier molecular flexibility index (Phi) is 3.60. The van der Waals surface area contributed by atoms with Crippen LogP contribution in [-0.2, 0) is 10.2 Å². The second-order valence-corrected chi connectivity index (χ2v) is 8.01. The van der Waals surface area contributed by atoms with E-state index in [9.17, 15) is 4.79 Å². The minimum Gasteiger partial charge on any atom is -0.293 e. The van der Waals surface area contributed by atoms with Crippen molar-refractivity contribution in [2.24, 2.45) is 0 Å². The van der Waals surface area contributed by atoms with Gasteiger partial charge in [0.15, 0.2) is 5.78 Å². The number of allylic oxidation sites excluding steroid dienone is 3. The Morgan fingerprint density at radius 2 is 1.56 bits per heavy atom. The van der Waals surface area contributed by atoms with Crippen LogP contribution in [0.1, 0.15) is 34.7 Å². The minimum atomic E-state index is -0.785. The fraction of sp³-hybridized carbons (Fsp3) is 0.0800. The number of rotatable bonds is 1. The van der Waals surface area contributed by atoms with Gasteiger partial charge in [-0.1, -0.05) is 82.7 Å². The molecule has 1 atom stereocenters. The standard InChI is InChI=1S/C25H17BrO/c1-16-20-9-5-6-10-22(20)25(24(16)17-7-3-2-4-8-17)21-13-12-19(26)15-18(21)11-14-23(25)27/h2-15H,1H3. The second kappa shape index (κ2) is 5.90. The Morgan fingerprint density at radius 1 is 0.815 bits per heavy atom. The highest BCUT2D eigenvalue weighted by Crippen LogP contribution is 2.57. The summed E-state index contributed by atoms with van der Waals surface area (Å²) in [6.07, 6.45) is 3.68. The zero-order valence-corrected chi connectivity index (χ0v) is 16.5. The summed E-state index contributed by atoms with van der Waals surface area (Å²) in [5.74, 6) is 0.125. The lowest BCUT2D eigenvalue weighted by Gasteiger charge is -2.36. The van der Waals surface area contributed by atoms with Crippen LogP contribution >= 0.6 is 15.9 Å². The van der Waals surface area contributed by atoms with Crippen LogP contribution in [-0.4, -0.2) is 5.78 Å². The maximum atomic E-state index is 13.6. The maximum absolute atomic E-state index is 13.6. The third-order valence-electron chi connectivity index (χ3n) is 5.75. The van der Waals surface area contributed by atoms with Crippen LogP contribution < -0.4 is 0 Å². The fourth-order valence-corrected chi connectivity index (χ4v) is 5.08. The van der Waals surface area contributed by atoms with E-state index in [0.29, 0.717) is 0 Å². The molecule has 0 radical (unpaired) electrons. The molecule has 130 valence electrons. The first-order chi connectivity index (χ1) is 13.1. The molecule has 0 aliphatic heterocycles. The number of fused-ring (bicyclic) bond motifs is 4. The Hall–Kier alpha value is -2.71. The van der Waals surface area contributed by atoms with Gasteiger partial charge in [0, 0.05) is 4.47 Å². The summed E-state index contributed by atoms with van der Waals surface area (Å²) < 4.78 is 1.02. The molecule has 3 aromatic rings. The van der Waals surface area contributed by atoms with Crippen LogP contribution in [0.2, 0.25) is 0 Å². The van der Waals surface area contributed by atoms with Gasteiger partial charge in [0.25, 0.3) is 0 Å². The zero-order chi connectivity index (χ0) is 18.6. The van der Waals surface area contributed by atoms with E-state index >= 15 is 0 Å². The lowest BCUT2D eigenvalue weighted by molar-refractivity contribution is -0.116. The van der Waals surface area contributed by atoms with Crippen LogP contribution in [0.25, 0.3) is 17.2 Å². The molecule has 2 aliphatic rings. The first-order valence-corrected chi connectivity index (χ1v) is 9.82. The monoisotopic (exact) mass is 412 g/mol. The normalized spacial score (nSPS) is 20.1. The van der Waals surface area contributed by atoms with Crippen molar-refractivity contribution in [1.82, 2.24) is 0 Å². The smallest absolute Gasteiger partial charge is 0.175 e. The van der Waals surface area contributed by atoms with Crippen molar-refractivity contribution in [3.63, 3.8) is 0 Å². The number of halogens is 1. The van der Waals surface area contributed by atoms with Crippen molar-refractivity contribution in [2.75, 3.05) is 0 Å². The molecule has 0 fully saturated rings. The van der Waals surface area contributed by atoms with Crippen molar-refractivity contribution in [3.05, 3.63) is 111 Å². The Morgan fingerprint density at radius 3 is 2.37 bits per heavy atom. The average molecular weight is 413 g/mol. The highest BCUT2D eigenvalue weighted by atomic mass is 79.9. The molecule has 5 rings (SSSR count). The Balaban J connectivity index is 1.94. The van der Waals surface area contributed by atoms with Gasteiger partial charge in [0.1, 0.15) is 5.41 Å². The molecule has 1 nitrogen and oxygen atoms in total. The number of hydrogen-bond donors (Lipinski definition) is 0. The van der Waals surface area contributed by atoms with Gasteiger partial charge >= 0.3 is 0 Å². The molecular formula is C25H17BrO. The highest BCUT2D eigenvalue weighted by Gasteiger charge is 2.52. The van der Waals surface area contributed by atoms with Crippen LogP contribution in [0.5, 0.6) is 0 Å². The summed E-state index contributed by atoms with van der Waals surface area (Å²) in [5, 5.41) is 0. The molecule has 0 bridgehead atoms. The molecule has 3 aromatic carbocycles. The molecular weight excluding hydrogens is 396 g/mol. The highest BCUT2D eigenvalue weighted by molar-refractivity contribution is 9.10. The van der Waals surface area contributed by atoms with Gasteiger partial charge in [-0.05, 0) is 64.1 Å². The first-order valence-electron chi connectivity index (χ1n) is 9.03. The number of benzene rings is 3. The van der Waals surface area contributed by atoms with Gasteiger partial charge < -0.3 is 0 Å². The van der Waals surface area contributed by atoms with E-state index < -0.39 is 5.41 Å². The molecule has 0 saturated heterocycles. The summed E-state index contributed by atoms with van der Waals surface area (Å²) >= 11 is 3.58. The Bertz CT molecular complexity index is 1150. The Labute approximate surface area is 167 Å². The van der Waals surface area contributed by atoms with E-state index in [0.717, 1.165) is 37.9 Å². The second-order valence-electron chi connectivity index (χ2n) is 7.09. The lowest BCUT2D eigenvalue weighted by atomic mass is 9.63. The third kappa shape index (κ3) is 2.14. The van der Waals surface area contributed by atoms with Gasteiger partial charge in [0.05, 0.1) is 0 Å². The maximum Gasteiger partial charge on any atom is 0.175 e. The van der Waals surface area contributed by atoms with Gasteiger partial charge in [0.2, 0.25) is 0 Å².